The minimum atomic E-state index is -1.20. The lowest BCUT2D eigenvalue weighted by atomic mass is 9.67. The summed E-state index contributed by atoms with van der Waals surface area (Å²) in [5.41, 5.74) is 6.76. The van der Waals surface area contributed by atoms with Crippen LogP contribution in [0, 0.1) is 11.2 Å². The number of carbonyl (C=O) groups excluding carboxylic acids is 1. The molecule has 1 aliphatic carbocycles. The fourth-order valence-corrected chi connectivity index (χ4v) is 4.77. The van der Waals surface area contributed by atoms with Crippen LogP contribution in [-0.4, -0.2) is 34.9 Å². The molecule has 32 heavy (non-hydrogen) atoms. The number of rotatable bonds is 4. The number of halogens is 1. The first kappa shape index (κ1) is 21.8. The molecule has 0 aromatic heterocycles. The standard InChI is InChI=1S/C24H27FN4O3/c1-23(2)21(32)29(4)22(26)28-24(23,3)17-12-13(8-10-18(17)25)27-19-11-9-14-15(19)6-5-7-16(14)20(30)31/h5-8,10,12,19,27H,9,11H2,1-4H3,(H2,26,28)(H,30,31)/t19?,24-/m0/s1. The summed E-state index contributed by atoms with van der Waals surface area (Å²) in [6, 6.07) is 9.84. The van der Waals surface area contributed by atoms with Crippen molar-refractivity contribution in [3.8, 4) is 0 Å². The Morgan fingerprint density at radius 3 is 2.69 bits per heavy atom. The summed E-state index contributed by atoms with van der Waals surface area (Å²) in [6.07, 6.45) is 1.37. The van der Waals surface area contributed by atoms with Crippen molar-refractivity contribution in [2.24, 2.45) is 16.1 Å². The van der Waals surface area contributed by atoms with Crippen LogP contribution >= 0.6 is 0 Å². The summed E-state index contributed by atoms with van der Waals surface area (Å²) in [5, 5.41) is 12.9. The van der Waals surface area contributed by atoms with E-state index in [0.29, 0.717) is 17.7 Å². The summed E-state index contributed by atoms with van der Waals surface area (Å²) in [4.78, 5) is 30.3. The molecule has 4 N–H and O–H groups in total. The van der Waals surface area contributed by atoms with Gasteiger partial charge in [-0.2, -0.15) is 0 Å². The van der Waals surface area contributed by atoms with Crippen LogP contribution in [-0.2, 0) is 16.8 Å². The topological polar surface area (TPSA) is 108 Å². The molecule has 1 amide bonds. The number of carboxylic acid groups (broad SMARTS) is 1. The predicted molar refractivity (Wildman–Crippen MR) is 120 cm³/mol. The second-order valence-corrected chi connectivity index (χ2v) is 9.14. The average molecular weight is 439 g/mol. The zero-order chi connectivity index (χ0) is 23.4. The number of aromatic carboxylic acids is 1. The van der Waals surface area contributed by atoms with Gasteiger partial charge in [-0.3, -0.25) is 9.69 Å². The van der Waals surface area contributed by atoms with Gasteiger partial charge in [0.25, 0.3) is 0 Å². The van der Waals surface area contributed by atoms with Gasteiger partial charge in [0.1, 0.15) is 11.4 Å². The Balaban J connectivity index is 1.73. The number of nitrogens with one attached hydrogen (secondary N) is 1. The zero-order valence-corrected chi connectivity index (χ0v) is 18.6. The lowest BCUT2D eigenvalue weighted by Gasteiger charge is -2.46. The van der Waals surface area contributed by atoms with Crippen molar-refractivity contribution in [3.63, 3.8) is 0 Å². The molecule has 0 saturated carbocycles. The summed E-state index contributed by atoms with van der Waals surface area (Å²) in [5.74, 6) is -1.61. The SMILES string of the molecule is CN1C(=O)C(C)(C)[C@](C)(c2cc(NC3CCc4c(C(=O)O)cccc43)ccc2F)N=C1N. The highest BCUT2D eigenvalue weighted by Gasteiger charge is 2.53. The first-order valence-corrected chi connectivity index (χ1v) is 10.5. The molecule has 2 atom stereocenters. The molecule has 2 aromatic carbocycles. The highest BCUT2D eigenvalue weighted by atomic mass is 19.1. The number of hydrogen-bond donors (Lipinski definition) is 3. The maximum atomic E-state index is 15.1. The highest BCUT2D eigenvalue weighted by Crippen LogP contribution is 2.48. The molecule has 0 radical (unpaired) electrons. The monoisotopic (exact) mass is 438 g/mol. The third-order valence-corrected chi connectivity index (χ3v) is 7.07. The van der Waals surface area contributed by atoms with Gasteiger partial charge >= 0.3 is 5.97 Å². The van der Waals surface area contributed by atoms with Gasteiger partial charge in [0, 0.05) is 18.3 Å². The van der Waals surface area contributed by atoms with Crippen LogP contribution in [0.4, 0.5) is 10.1 Å². The van der Waals surface area contributed by atoms with Gasteiger partial charge in [-0.1, -0.05) is 12.1 Å². The number of benzene rings is 2. The maximum Gasteiger partial charge on any atom is 0.335 e. The maximum absolute atomic E-state index is 15.1. The van der Waals surface area contributed by atoms with Gasteiger partial charge < -0.3 is 16.2 Å². The Morgan fingerprint density at radius 2 is 2.00 bits per heavy atom. The number of carboxylic acids is 1. The van der Waals surface area contributed by atoms with Crippen LogP contribution in [0.3, 0.4) is 0 Å². The van der Waals surface area contributed by atoms with Crippen molar-refractivity contribution >= 4 is 23.5 Å². The van der Waals surface area contributed by atoms with Gasteiger partial charge in [-0.15, -0.1) is 0 Å². The molecule has 1 unspecified atom stereocenters. The Hall–Kier alpha value is -3.42. The van der Waals surface area contributed by atoms with Crippen molar-refractivity contribution in [1.82, 2.24) is 4.90 Å². The summed E-state index contributed by atoms with van der Waals surface area (Å²) in [7, 11) is 1.56. The van der Waals surface area contributed by atoms with E-state index in [1.807, 2.05) is 6.07 Å². The number of anilines is 1. The number of guanidine groups is 1. The molecular formula is C24H27FN4O3. The van der Waals surface area contributed by atoms with Crippen molar-refractivity contribution < 1.29 is 19.1 Å². The fraction of sp³-hybridized carbons (Fsp3) is 0.375. The number of carbonyl (C=O) groups is 2. The number of nitrogens with zero attached hydrogens (tertiary/aromatic N) is 2. The van der Waals surface area contributed by atoms with E-state index >= 15 is 4.39 Å². The predicted octanol–water partition coefficient (Wildman–Crippen LogP) is 3.65. The summed E-state index contributed by atoms with van der Waals surface area (Å²) < 4.78 is 15.1. The fourth-order valence-electron chi connectivity index (χ4n) is 4.77. The van der Waals surface area contributed by atoms with Gasteiger partial charge in [0.05, 0.1) is 17.0 Å². The van der Waals surface area contributed by atoms with Gasteiger partial charge in [-0.05, 0) is 69.0 Å². The van der Waals surface area contributed by atoms with Gasteiger partial charge in [-0.25, -0.2) is 14.2 Å². The molecule has 0 bridgehead atoms. The normalized spacial score (nSPS) is 24.2. The Bertz CT molecular complexity index is 1160. The van der Waals surface area contributed by atoms with Crippen molar-refractivity contribution in [2.75, 3.05) is 12.4 Å². The van der Waals surface area contributed by atoms with E-state index in [-0.39, 0.29) is 23.5 Å². The first-order chi connectivity index (χ1) is 15.0. The van der Waals surface area contributed by atoms with Crippen LogP contribution in [0.2, 0.25) is 0 Å². The Morgan fingerprint density at radius 1 is 1.28 bits per heavy atom. The van der Waals surface area contributed by atoms with Crippen LogP contribution in [0.15, 0.2) is 41.4 Å². The third kappa shape index (κ3) is 3.13. The largest absolute Gasteiger partial charge is 0.478 e. The zero-order valence-electron chi connectivity index (χ0n) is 18.6. The van der Waals surface area contributed by atoms with Crippen LogP contribution in [0.5, 0.6) is 0 Å². The number of fused-ring (bicyclic) bond motifs is 1. The molecule has 168 valence electrons. The van der Waals surface area contributed by atoms with E-state index in [4.69, 9.17) is 5.73 Å². The third-order valence-electron chi connectivity index (χ3n) is 7.07. The molecule has 7 nitrogen and oxygen atoms in total. The molecule has 1 aliphatic heterocycles. The van der Waals surface area contributed by atoms with E-state index < -0.39 is 22.7 Å². The molecule has 0 saturated heterocycles. The van der Waals surface area contributed by atoms with Crippen LogP contribution in [0.25, 0.3) is 0 Å². The lowest BCUT2D eigenvalue weighted by Crippen LogP contribution is -2.58. The Labute approximate surface area is 186 Å². The second kappa shape index (κ2) is 7.32. The van der Waals surface area contributed by atoms with E-state index in [9.17, 15) is 14.7 Å². The second-order valence-electron chi connectivity index (χ2n) is 9.14. The first-order valence-electron chi connectivity index (χ1n) is 10.5. The van der Waals surface area contributed by atoms with E-state index in [1.54, 1.807) is 52.1 Å². The number of amides is 1. The van der Waals surface area contributed by atoms with E-state index in [0.717, 1.165) is 17.5 Å². The number of aliphatic imine (C=N–C) groups is 1. The van der Waals surface area contributed by atoms with E-state index in [1.165, 1.54) is 11.0 Å². The number of hydrogen-bond acceptors (Lipinski definition) is 5. The van der Waals surface area contributed by atoms with Crippen molar-refractivity contribution in [1.29, 1.82) is 0 Å². The quantitative estimate of drug-likeness (QED) is 0.675. The molecule has 8 heteroatoms. The highest BCUT2D eigenvalue weighted by molar-refractivity contribution is 6.01. The Kier molecular flexibility index (Phi) is 4.99. The van der Waals surface area contributed by atoms with E-state index in [2.05, 4.69) is 10.3 Å². The van der Waals surface area contributed by atoms with Gasteiger partial charge in [0.15, 0.2) is 5.96 Å². The molecule has 0 spiro atoms. The van der Waals surface area contributed by atoms with Gasteiger partial charge in [0.2, 0.25) is 5.91 Å². The minimum Gasteiger partial charge on any atom is -0.478 e. The van der Waals surface area contributed by atoms with Crippen molar-refractivity contribution in [3.05, 3.63) is 64.5 Å². The van der Waals surface area contributed by atoms with Crippen molar-refractivity contribution in [2.45, 2.75) is 45.2 Å². The molecule has 2 aliphatic rings. The summed E-state index contributed by atoms with van der Waals surface area (Å²) in [6.45, 7) is 5.20. The summed E-state index contributed by atoms with van der Waals surface area (Å²) >= 11 is 0. The smallest absolute Gasteiger partial charge is 0.335 e. The molecular weight excluding hydrogens is 411 g/mol. The molecule has 4 rings (SSSR count). The lowest BCUT2D eigenvalue weighted by molar-refractivity contribution is -0.140. The minimum absolute atomic E-state index is 0.0421. The molecule has 0 fully saturated rings. The number of nitrogens with two attached hydrogens (primary N) is 1. The molecule has 2 aromatic rings. The van der Waals surface area contributed by atoms with Crippen LogP contribution in [0.1, 0.15) is 60.3 Å². The molecule has 1 heterocycles. The average Bonchev–Trinajstić information content (AvgIpc) is 3.15. The van der Waals surface area contributed by atoms with Crippen LogP contribution < -0.4 is 11.1 Å².